The second-order valence-electron chi connectivity index (χ2n) is 3.92. The lowest BCUT2D eigenvalue weighted by molar-refractivity contribution is -0.133. The number of nitrogens with two attached hydrogens (primary N) is 1. The van der Waals surface area contributed by atoms with Gasteiger partial charge in [-0.1, -0.05) is 11.8 Å². The second kappa shape index (κ2) is 5.85. The van der Waals surface area contributed by atoms with E-state index in [-0.39, 0.29) is 11.8 Å². The number of hydrazine groups is 1. The summed E-state index contributed by atoms with van der Waals surface area (Å²) in [6.07, 6.45) is 2.59. The first kappa shape index (κ1) is 13.6. The molecule has 1 unspecified atom stereocenters. The smallest absolute Gasteiger partial charge is 0.249 e. The number of anilines is 2. The molecule has 2 rings (SSSR count). The molecule has 1 fully saturated rings. The monoisotopic (exact) mass is 282 g/mol. The molecular weight excluding hydrogens is 268 g/mol. The summed E-state index contributed by atoms with van der Waals surface area (Å²) in [5, 5.41) is 5.79. The molecule has 1 atom stereocenters. The van der Waals surface area contributed by atoms with Gasteiger partial charge in [0.25, 0.3) is 0 Å². The molecule has 1 aromatic heterocycles. The predicted octanol–water partition coefficient (Wildman–Crippen LogP) is -0.299. The summed E-state index contributed by atoms with van der Waals surface area (Å²) in [6, 6.07) is 1.12. The molecule has 102 valence electrons. The van der Waals surface area contributed by atoms with Crippen LogP contribution in [-0.2, 0) is 9.59 Å². The minimum atomic E-state index is -0.479. The number of carbonyl (C=O) groups is 2. The zero-order valence-electron chi connectivity index (χ0n) is 10.3. The lowest BCUT2D eigenvalue weighted by Gasteiger charge is -2.22. The van der Waals surface area contributed by atoms with Crippen molar-refractivity contribution >= 4 is 35.2 Å². The number of hydrogen-bond donors (Lipinski definition) is 4. The molecule has 1 saturated heterocycles. The minimum absolute atomic E-state index is 0.250. The van der Waals surface area contributed by atoms with Gasteiger partial charge in [0.1, 0.15) is 17.7 Å². The first-order valence-electron chi connectivity index (χ1n) is 5.62. The molecule has 2 heterocycles. The van der Waals surface area contributed by atoms with Gasteiger partial charge in [0.05, 0.1) is 0 Å². The fourth-order valence-corrected chi connectivity index (χ4v) is 2.05. The number of nitrogen functional groups attached to an aromatic ring is 1. The largest absolute Gasteiger partial charge is 0.358 e. The average molecular weight is 282 g/mol. The number of hydrogen-bond acceptors (Lipinski definition) is 8. The van der Waals surface area contributed by atoms with Gasteiger partial charge in [0.2, 0.25) is 11.8 Å². The van der Waals surface area contributed by atoms with Crippen molar-refractivity contribution in [3.63, 3.8) is 0 Å². The van der Waals surface area contributed by atoms with Crippen molar-refractivity contribution in [2.24, 2.45) is 5.84 Å². The van der Waals surface area contributed by atoms with Gasteiger partial charge in [-0.3, -0.25) is 14.9 Å². The molecule has 1 aliphatic heterocycles. The third kappa shape index (κ3) is 3.32. The van der Waals surface area contributed by atoms with Gasteiger partial charge >= 0.3 is 0 Å². The minimum Gasteiger partial charge on any atom is -0.358 e. The van der Waals surface area contributed by atoms with Crippen molar-refractivity contribution in [3.8, 4) is 0 Å². The van der Waals surface area contributed by atoms with E-state index >= 15 is 0 Å². The van der Waals surface area contributed by atoms with Crippen molar-refractivity contribution in [3.05, 3.63) is 6.07 Å². The third-order valence-corrected chi connectivity index (χ3v) is 3.15. The van der Waals surface area contributed by atoms with Crippen LogP contribution in [0.2, 0.25) is 0 Å². The Hall–Kier alpha value is -1.87. The van der Waals surface area contributed by atoms with E-state index in [1.807, 2.05) is 6.26 Å². The van der Waals surface area contributed by atoms with Gasteiger partial charge in [0, 0.05) is 12.5 Å². The lowest BCUT2D eigenvalue weighted by Crippen LogP contribution is -2.47. The molecule has 0 spiro atoms. The molecule has 1 aliphatic rings. The number of thioether (sulfide) groups is 1. The summed E-state index contributed by atoms with van der Waals surface area (Å²) in [5.74, 6) is 5.67. The lowest BCUT2D eigenvalue weighted by atomic mass is 10.1. The number of imide groups is 1. The van der Waals surface area contributed by atoms with E-state index in [1.165, 1.54) is 11.8 Å². The Morgan fingerprint density at radius 3 is 2.79 bits per heavy atom. The second-order valence-corrected chi connectivity index (χ2v) is 4.69. The number of amides is 2. The first-order valence-corrected chi connectivity index (χ1v) is 6.84. The van der Waals surface area contributed by atoms with Crippen LogP contribution in [0.25, 0.3) is 0 Å². The SMILES string of the molecule is CSc1nc(NN)cc(NC2CCC(=O)NC2=O)n1. The Labute approximate surface area is 113 Å². The van der Waals surface area contributed by atoms with Gasteiger partial charge < -0.3 is 10.7 Å². The fraction of sp³-hybridized carbons (Fsp3) is 0.400. The van der Waals surface area contributed by atoms with Gasteiger partial charge in [-0.15, -0.1) is 0 Å². The van der Waals surface area contributed by atoms with Crippen LogP contribution in [0.1, 0.15) is 12.8 Å². The molecule has 1 aromatic rings. The van der Waals surface area contributed by atoms with Crippen molar-refractivity contribution in [1.82, 2.24) is 15.3 Å². The van der Waals surface area contributed by atoms with E-state index in [2.05, 4.69) is 26.0 Å². The van der Waals surface area contributed by atoms with Crippen LogP contribution in [0.4, 0.5) is 11.6 Å². The number of aromatic nitrogens is 2. The Bertz CT molecular complexity index is 487. The van der Waals surface area contributed by atoms with Crippen LogP contribution in [0.3, 0.4) is 0 Å². The van der Waals surface area contributed by atoms with Crippen LogP contribution in [0.5, 0.6) is 0 Å². The third-order valence-electron chi connectivity index (χ3n) is 2.60. The Morgan fingerprint density at radius 1 is 1.42 bits per heavy atom. The van der Waals surface area contributed by atoms with Crippen molar-refractivity contribution in [1.29, 1.82) is 0 Å². The standard InChI is InChI=1S/C10H14N6O2S/c1-19-10-13-6(4-7(14-10)16-11)12-5-2-3-8(17)15-9(5)18/h4-5H,2-3,11H2,1H3,(H,15,17,18)(H2,12,13,14,16). The average Bonchev–Trinajstić information content (AvgIpc) is 2.41. The number of nitrogens with zero attached hydrogens (tertiary/aromatic N) is 2. The maximum atomic E-state index is 11.6. The molecule has 19 heavy (non-hydrogen) atoms. The van der Waals surface area contributed by atoms with E-state index in [4.69, 9.17) is 5.84 Å². The van der Waals surface area contributed by atoms with Crippen LogP contribution < -0.4 is 21.9 Å². The van der Waals surface area contributed by atoms with Gasteiger partial charge in [-0.2, -0.15) is 0 Å². The van der Waals surface area contributed by atoms with Crippen LogP contribution in [-0.4, -0.2) is 34.1 Å². The molecule has 9 heteroatoms. The van der Waals surface area contributed by atoms with E-state index in [0.717, 1.165) is 0 Å². The van der Waals surface area contributed by atoms with Gasteiger partial charge in [-0.25, -0.2) is 15.8 Å². The highest BCUT2D eigenvalue weighted by Crippen LogP contribution is 2.18. The summed E-state index contributed by atoms with van der Waals surface area (Å²) < 4.78 is 0. The predicted molar refractivity (Wildman–Crippen MR) is 71.4 cm³/mol. The molecule has 0 bridgehead atoms. The van der Waals surface area contributed by atoms with Crippen molar-refractivity contribution in [2.45, 2.75) is 24.0 Å². The molecule has 0 aromatic carbocycles. The summed E-state index contributed by atoms with van der Waals surface area (Å²) in [6.45, 7) is 0. The van der Waals surface area contributed by atoms with E-state index < -0.39 is 6.04 Å². The van der Waals surface area contributed by atoms with Crippen LogP contribution in [0.15, 0.2) is 11.2 Å². The van der Waals surface area contributed by atoms with Crippen LogP contribution in [0, 0.1) is 0 Å². The molecule has 0 radical (unpaired) electrons. The molecule has 0 aliphatic carbocycles. The van der Waals surface area contributed by atoms with E-state index in [1.54, 1.807) is 6.07 Å². The zero-order chi connectivity index (χ0) is 13.8. The molecule has 8 nitrogen and oxygen atoms in total. The highest BCUT2D eigenvalue weighted by molar-refractivity contribution is 7.98. The van der Waals surface area contributed by atoms with Crippen molar-refractivity contribution in [2.75, 3.05) is 17.0 Å². The Morgan fingerprint density at radius 2 is 2.16 bits per heavy atom. The summed E-state index contributed by atoms with van der Waals surface area (Å²) in [5.41, 5.74) is 2.44. The van der Waals surface area contributed by atoms with Gasteiger partial charge in [0.15, 0.2) is 5.16 Å². The molecule has 2 amide bonds. The molecule has 5 N–H and O–H groups in total. The summed E-state index contributed by atoms with van der Waals surface area (Å²) in [4.78, 5) is 31.0. The maximum Gasteiger partial charge on any atom is 0.249 e. The number of nitrogens with one attached hydrogen (secondary N) is 3. The molecule has 0 saturated carbocycles. The first-order chi connectivity index (χ1) is 9.12. The Balaban J connectivity index is 2.14. The number of piperidine rings is 1. The summed E-state index contributed by atoms with van der Waals surface area (Å²) in [7, 11) is 0. The number of rotatable bonds is 4. The highest BCUT2D eigenvalue weighted by Gasteiger charge is 2.26. The quantitative estimate of drug-likeness (QED) is 0.195. The topological polar surface area (TPSA) is 122 Å². The van der Waals surface area contributed by atoms with E-state index in [0.29, 0.717) is 29.6 Å². The Kier molecular flexibility index (Phi) is 4.17. The molecular formula is C10H14N6O2S. The van der Waals surface area contributed by atoms with Crippen LogP contribution >= 0.6 is 11.8 Å². The number of carbonyl (C=O) groups excluding carboxylic acids is 2. The normalized spacial score (nSPS) is 18.9. The van der Waals surface area contributed by atoms with E-state index in [9.17, 15) is 9.59 Å². The highest BCUT2D eigenvalue weighted by atomic mass is 32.2. The van der Waals surface area contributed by atoms with Gasteiger partial charge in [-0.05, 0) is 12.7 Å². The summed E-state index contributed by atoms with van der Waals surface area (Å²) >= 11 is 1.36. The zero-order valence-corrected chi connectivity index (χ0v) is 11.1. The fourth-order valence-electron chi connectivity index (χ4n) is 1.67. The van der Waals surface area contributed by atoms with Crippen molar-refractivity contribution < 1.29 is 9.59 Å². The maximum absolute atomic E-state index is 11.6.